The number of pyridine rings is 1. The Hall–Kier alpha value is -6.56. The lowest BCUT2D eigenvalue weighted by atomic mass is 9.67. The summed E-state index contributed by atoms with van der Waals surface area (Å²) in [7, 11) is 0. The first-order valence-electron chi connectivity index (χ1n) is 17.9. The highest BCUT2D eigenvalue weighted by atomic mass is 32.2. The zero-order valence-corrected chi connectivity index (χ0v) is 29.2. The Labute approximate surface area is 309 Å². The molecule has 0 unspecified atom stereocenters. The normalized spacial score (nSPS) is 13.7. The van der Waals surface area contributed by atoms with E-state index >= 15 is 0 Å². The van der Waals surface area contributed by atoms with Gasteiger partial charge < -0.3 is 0 Å². The smallest absolute Gasteiger partial charge is 0.237 e. The molecule has 1 aliphatic heterocycles. The van der Waals surface area contributed by atoms with Gasteiger partial charge in [-0.05, 0) is 69.1 Å². The molecule has 246 valence electrons. The maximum atomic E-state index is 5.44. The van der Waals surface area contributed by atoms with Crippen LogP contribution in [-0.4, -0.2) is 19.5 Å². The monoisotopic (exact) mass is 692 g/mol. The first-order valence-corrected chi connectivity index (χ1v) is 18.8. The maximum absolute atomic E-state index is 5.44. The number of nitrogens with zero attached hydrogens (tertiary/aromatic N) is 4. The van der Waals surface area contributed by atoms with Crippen LogP contribution in [0.25, 0.3) is 71.9 Å². The molecule has 0 saturated carbocycles. The van der Waals surface area contributed by atoms with E-state index in [1.54, 1.807) is 0 Å². The van der Waals surface area contributed by atoms with Crippen molar-refractivity contribution in [2.45, 2.75) is 15.2 Å². The predicted octanol–water partition coefficient (Wildman–Crippen LogP) is 11.8. The fraction of sp³-hybridized carbons (Fsp3) is 0.0208. The molecular formula is C48H28N4S. The highest BCUT2D eigenvalue weighted by Crippen LogP contribution is 2.62. The number of hydrogen-bond acceptors (Lipinski definition) is 4. The van der Waals surface area contributed by atoms with Crippen molar-refractivity contribution in [3.05, 3.63) is 192 Å². The van der Waals surface area contributed by atoms with Crippen molar-refractivity contribution in [3.63, 3.8) is 0 Å². The molecule has 2 aliphatic rings. The second-order valence-corrected chi connectivity index (χ2v) is 15.0. The van der Waals surface area contributed by atoms with Crippen LogP contribution in [0, 0.1) is 0 Å². The zero-order chi connectivity index (χ0) is 34.7. The van der Waals surface area contributed by atoms with Gasteiger partial charge in [-0.15, -0.1) is 0 Å². The molecule has 10 aromatic rings. The molecule has 12 rings (SSSR count). The molecule has 0 radical (unpaired) electrons. The average molecular weight is 693 g/mol. The Balaban J connectivity index is 1.27. The van der Waals surface area contributed by atoms with Crippen molar-refractivity contribution >= 4 is 55.4 Å². The van der Waals surface area contributed by atoms with Crippen LogP contribution >= 0.6 is 11.8 Å². The highest BCUT2D eigenvalue weighted by molar-refractivity contribution is 7.99. The van der Waals surface area contributed by atoms with E-state index < -0.39 is 5.41 Å². The molecule has 7 aromatic carbocycles. The molecule has 53 heavy (non-hydrogen) atoms. The molecule has 0 amide bonds. The minimum Gasteiger partial charge on any atom is -0.277 e. The van der Waals surface area contributed by atoms with Gasteiger partial charge in [0.25, 0.3) is 0 Å². The fourth-order valence-electron chi connectivity index (χ4n) is 9.20. The molecule has 0 fully saturated rings. The second-order valence-electron chi connectivity index (χ2n) is 13.9. The summed E-state index contributed by atoms with van der Waals surface area (Å²) in [5, 5.41) is 5.61. The first-order chi connectivity index (χ1) is 26.3. The van der Waals surface area contributed by atoms with Gasteiger partial charge >= 0.3 is 0 Å². The lowest BCUT2D eigenvalue weighted by Gasteiger charge is -2.39. The summed E-state index contributed by atoms with van der Waals surface area (Å²) in [4.78, 5) is 18.0. The minimum absolute atomic E-state index is 0.497. The lowest BCUT2D eigenvalue weighted by Crippen LogP contribution is -2.32. The van der Waals surface area contributed by atoms with Crippen molar-refractivity contribution in [1.29, 1.82) is 0 Å². The lowest BCUT2D eigenvalue weighted by molar-refractivity contribution is 0.723. The van der Waals surface area contributed by atoms with Crippen LogP contribution in [0.1, 0.15) is 22.3 Å². The molecule has 5 heteroatoms. The highest BCUT2D eigenvalue weighted by Gasteiger charge is 2.50. The molecular weight excluding hydrogens is 665 g/mol. The van der Waals surface area contributed by atoms with Crippen molar-refractivity contribution in [2.24, 2.45) is 0 Å². The van der Waals surface area contributed by atoms with Crippen LogP contribution in [0.4, 0.5) is 0 Å². The topological polar surface area (TPSA) is 43.6 Å². The summed E-state index contributed by atoms with van der Waals surface area (Å²) in [6.07, 6.45) is 1.82. The summed E-state index contributed by atoms with van der Waals surface area (Å²) in [5.74, 6) is 0.608. The average Bonchev–Trinajstić information content (AvgIpc) is 3.71. The second kappa shape index (κ2) is 10.7. The molecule has 1 aliphatic carbocycles. The van der Waals surface area contributed by atoms with Gasteiger partial charge in [-0.1, -0.05) is 145 Å². The van der Waals surface area contributed by atoms with Gasteiger partial charge in [0.15, 0.2) is 5.65 Å². The van der Waals surface area contributed by atoms with E-state index in [1.807, 2.05) is 30.1 Å². The van der Waals surface area contributed by atoms with E-state index in [4.69, 9.17) is 15.0 Å². The Morgan fingerprint density at radius 1 is 0.491 bits per heavy atom. The molecule has 0 bridgehead atoms. The molecule has 1 spiro atoms. The number of aromatic nitrogens is 4. The number of fused-ring (bicyclic) bond motifs is 15. The van der Waals surface area contributed by atoms with Crippen LogP contribution < -0.4 is 0 Å². The fourth-order valence-corrected chi connectivity index (χ4v) is 10.4. The molecule has 3 aromatic heterocycles. The van der Waals surface area contributed by atoms with Gasteiger partial charge in [0.2, 0.25) is 5.95 Å². The third kappa shape index (κ3) is 3.84. The summed E-state index contributed by atoms with van der Waals surface area (Å²) < 4.78 is 2.31. The van der Waals surface area contributed by atoms with E-state index in [-0.39, 0.29) is 0 Å². The summed E-state index contributed by atoms with van der Waals surface area (Å²) >= 11 is 1.88. The zero-order valence-electron chi connectivity index (χ0n) is 28.4. The maximum Gasteiger partial charge on any atom is 0.237 e. The number of hydrogen-bond donors (Lipinski definition) is 0. The van der Waals surface area contributed by atoms with Crippen LogP contribution in [0.15, 0.2) is 180 Å². The van der Waals surface area contributed by atoms with E-state index in [1.165, 1.54) is 59.3 Å². The molecule has 4 nitrogen and oxygen atoms in total. The van der Waals surface area contributed by atoms with Crippen LogP contribution in [0.3, 0.4) is 0 Å². The first kappa shape index (κ1) is 29.1. The van der Waals surface area contributed by atoms with E-state index in [9.17, 15) is 0 Å². The predicted molar refractivity (Wildman–Crippen MR) is 216 cm³/mol. The van der Waals surface area contributed by atoms with Crippen molar-refractivity contribution < 1.29 is 0 Å². The third-order valence-corrected chi connectivity index (χ3v) is 12.5. The Kier molecular flexibility index (Phi) is 5.89. The SMILES string of the molecule is c1ccc(-c2nc(-n3c4cc5c(cc4c4ccc6ccccc6c43)Sc3ccccc3C53c4ccccc4-c4ccccc43)nc3ncccc23)cc1. The van der Waals surface area contributed by atoms with E-state index in [2.05, 4.69) is 156 Å². The summed E-state index contributed by atoms with van der Waals surface area (Å²) in [6.45, 7) is 0. The largest absolute Gasteiger partial charge is 0.277 e. The van der Waals surface area contributed by atoms with Gasteiger partial charge in [0, 0.05) is 43.1 Å². The molecule has 4 heterocycles. The van der Waals surface area contributed by atoms with Crippen molar-refractivity contribution in [2.75, 3.05) is 0 Å². The van der Waals surface area contributed by atoms with E-state index in [0.717, 1.165) is 33.1 Å². The van der Waals surface area contributed by atoms with E-state index in [0.29, 0.717) is 11.6 Å². The van der Waals surface area contributed by atoms with Gasteiger partial charge in [-0.3, -0.25) is 4.57 Å². The number of benzene rings is 7. The Morgan fingerprint density at radius 3 is 2.02 bits per heavy atom. The van der Waals surface area contributed by atoms with Crippen molar-refractivity contribution in [3.8, 4) is 28.3 Å². The number of rotatable bonds is 2. The van der Waals surface area contributed by atoms with Crippen LogP contribution in [0.5, 0.6) is 0 Å². The third-order valence-electron chi connectivity index (χ3n) is 11.3. The summed E-state index contributed by atoms with van der Waals surface area (Å²) in [6, 6.07) is 59.4. The Morgan fingerprint density at radius 2 is 1.19 bits per heavy atom. The summed E-state index contributed by atoms with van der Waals surface area (Å²) in [5.41, 5.74) is 12.1. The molecule has 0 saturated heterocycles. The standard InChI is InChI=1S/C48H28N4S/c1-2-14-30(15-3-1)44-35-19-12-26-49-46(35)51-47(50-44)52-41-28-40-43(27-36(41)34-25-24-29-13-4-5-16-31(29)45(34)52)53-42-23-11-10-22-39(42)48(40)37-20-8-6-17-32(37)33-18-7-9-21-38(33)48/h1-28H. The van der Waals surface area contributed by atoms with Crippen LogP contribution in [0.2, 0.25) is 0 Å². The van der Waals surface area contributed by atoms with Gasteiger partial charge in [-0.25, -0.2) is 9.97 Å². The van der Waals surface area contributed by atoms with Gasteiger partial charge in [0.1, 0.15) is 0 Å². The minimum atomic E-state index is -0.497. The van der Waals surface area contributed by atoms with Crippen molar-refractivity contribution in [1.82, 2.24) is 19.5 Å². The Bertz CT molecular complexity index is 3120. The molecule has 0 N–H and O–H groups in total. The molecule has 0 atom stereocenters. The van der Waals surface area contributed by atoms with Gasteiger partial charge in [0.05, 0.1) is 22.1 Å². The van der Waals surface area contributed by atoms with Gasteiger partial charge in [-0.2, -0.15) is 4.98 Å². The quantitative estimate of drug-likeness (QED) is 0.181. The van der Waals surface area contributed by atoms with Crippen LogP contribution in [-0.2, 0) is 5.41 Å².